The summed E-state index contributed by atoms with van der Waals surface area (Å²) in [4.78, 5) is 1.91. The minimum absolute atomic E-state index is 0.0396. The molecule has 138 valence electrons. The summed E-state index contributed by atoms with van der Waals surface area (Å²) in [6.07, 6.45) is -4.50. The molecule has 1 fully saturated rings. The van der Waals surface area contributed by atoms with Crippen molar-refractivity contribution in [2.45, 2.75) is 11.8 Å². The van der Waals surface area contributed by atoms with Crippen molar-refractivity contribution in [2.24, 2.45) is 0 Å². The molecule has 0 saturated carbocycles. The lowest BCUT2D eigenvalue weighted by Gasteiger charge is -2.39. The number of alkyl halides is 3. The Morgan fingerprint density at radius 1 is 1.19 bits per heavy atom. The average Bonchev–Trinajstić information content (AvgIpc) is 2.94. The van der Waals surface area contributed by atoms with Gasteiger partial charge in [-0.05, 0) is 35.4 Å². The van der Waals surface area contributed by atoms with Gasteiger partial charge in [-0.25, -0.2) is 0 Å². The largest absolute Gasteiger partial charge is 0.417 e. The van der Waals surface area contributed by atoms with Crippen LogP contribution in [0.3, 0.4) is 0 Å². The molecular formula is C18H16ClF3N2O2. The smallest absolute Gasteiger partial charge is 0.383 e. The first-order valence-corrected chi connectivity index (χ1v) is 8.43. The molecule has 2 aliphatic rings. The SMILES string of the molecule is OC1(CN2CNc3ccc(-c4ccc(Cl)cc4C(F)(F)F)cc32)COC1. The van der Waals surface area contributed by atoms with Gasteiger partial charge >= 0.3 is 6.18 Å². The summed E-state index contributed by atoms with van der Waals surface area (Å²) in [5, 5.41) is 13.5. The van der Waals surface area contributed by atoms with E-state index in [0.29, 0.717) is 18.8 Å². The van der Waals surface area contributed by atoms with E-state index < -0.39 is 17.3 Å². The van der Waals surface area contributed by atoms with Crippen LogP contribution in [0.4, 0.5) is 24.5 Å². The van der Waals surface area contributed by atoms with Gasteiger partial charge in [-0.2, -0.15) is 13.2 Å². The Kier molecular flexibility index (Phi) is 4.06. The van der Waals surface area contributed by atoms with E-state index in [2.05, 4.69) is 5.32 Å². The fraction of sp³-hybridized carbons (Fsp3) is 0.333. The molecule has 4 nitrogen and oxygen atoms in total. The highest BCUT2D eigenvalue weighted by molar-refractivity contribution is 6.30. The molecule has 0 radical (unpaired) electrons. The molecule has 0 aromatic heterocycles. The number of anilines is 2. The maximum absolute atomic E-state index is 13.4. The minimum atomic E-state index is -4.50. The Hall–Kier alpha value is -1.96. The number of rotatable bonds is 3. The number of hydrogen-bond acceptors (Lipinski definition) is 4. The van der Waals surface area contributed by atoms with Crippen LogP contribution < -0.4 is 10.2 Å². The van der Waals surface area contributed by atoms with Crippen LogP contribution in [-0.2, 0) is 10.9 Å². The molecule has 0 bridgehead atoms. The normalized spacial score (nSPS) is 18.3. The number of ether oxygens (including phenoxy) is 1. The third-order valence-electron chi connectivity index (χ3n) is 4.62. The summed E-state index contributed by atoms with van der Waals surface area (Å²) in [7, 11) is 0. The Labute approximate surface area is 153 Å². The van der Waals surface area contributed by atoms with E-state index in [1.807, 2.05) is 4.90 Å². The van der Waals surface area contributed by atoms with Crippen molar-refractivity contribution < 1.29 is 23.0 Å². The van der Waals surface area contributed by atoms with Crippen LogP contribution in [0, 0.1) is 0 Å². The molecule has 0 amide bonds. The molecule has 0 atom stereocenters. The summed E-state index contributed by atoms with van der Waals surface area (Å²) < 4.78 is 45.3. The number of fused-ring (bicyclic) bond motifs is 1. The second-order valence-electron chi connectivity index (χ2n) is 6.67. The van der Waals surface area contributed by atoms with E-state index in [-0.39, 0.29) is 23.8 Å². The van der Waals surface area contributed by atoms with Gasteiger partial charge in [-0.3, -0.25) is 0 Å². The third-order valence-corrected chi connectivity index (χ3v) is 4.86. The second kappa shape index (κ2) is 6.04. The number of halogens is 4. The fourth-order valence-corrected chi connectivity index (χ4v) is 3.48. The van der Waals surface area contributed by atoms with Gasteiger partial charge in [0.2, 0.25) is 0 Å². The molecule has 8 heteroatoms. The Morgan fingerprint density at radius 3 is 2.62 bits per heavy atom. The molecule has 2 heterocycles. The van der Waals surface area contributed by atoms with Crippen molar-refractivity contribution in [3.05, 3.63) is 47.0 Å². The quantitative estimate of drug-likeness (QED) is 0.840. The van der Waals surface area contributed by atoms with Crippen molar-refractivity contribution >= 4 is 23.0 Å². The number of β-amino-alcohol motifs (C(OH)–C–C–N with tert-alkyl or cyclic N) is 1. The van der Waals surface area contributed by atoms with Gasteiger partial charge in [0, 0.05) is 5.02 Å². The second-order valence-corrected chi connectivity index (χ2v) is 7.11. The number of aliphatic hydroxyl groups is 1. The predicted octanol–water partition coefficient (Wildman–Crippen LogP) is 3.98. The van der Waals surface area contributed by atoms with Gasteiger partial charge in [-0.15, -0.1) is 0 Å². The van der Waals surface area contributed by atoms with Crippen LogP contribution in [0.5, 0.6) is 0 Å². The molecule has 0 aliphatic carbocycles. The van der Waals surface area contributed by atoms with E-state index in [0.717, 1.165) is 17.4 Å². The van der Waals surface area contributed by atoms with E-state index >= 15 is 0 Å². The molecule has 1 saturated heterocycles. The third kappa shape index (κ3) is 3.11. The van der Waals surface area contributed by atoms with E-state index in [1.54, 1.807) is 18.2 Å². The van der Waals surface area contributed by atoms with Crippen LogP contribution in [0.1, 0.15) is 5.56 Å². The fourth-order valence-electron chi connectivity index (χ4n) is 3.30. The first-order valence-electron chi connectivity index (χ1n) is 8.05. The van der Waals surface area contributed by atoms with Crippen molar-refractivity contribution in [3.8, 4) is 11.1 Å². The Morgan fingerprint density at radius 2 is 1.96 bits per heavy atom. The number of hydrogen-bond donors (Lipinski definition) is 2. The van der Waals surface area contributed by atoms with E-state index in [1.165, 1.54) is 12.1 Å². The summed E-state index contributed by atoms with van der Waals surface area (Å²) in [5.41, 5.74) is 0.400. The van der Waals surface area contributed by atoms with Crippen molar-refractivity contribution in [3.63, 3.8) is 0 Å². The summed E-state index contributed by atoms with van der Waals surface area (Å²) in [6, 6.07) is 8.87. The first-order chi connectivity index (χ1) is 12.3. The molecule has 2 aromatic carbocycles. The molecule has 2 aliphatic heterocycles. The van der Waals surface area contributed by atoms with Crippen molar-refractivity contribution in [1.82, 2.24) is 0 Å². The number of benzene rings is 2. The highest BCUT2D eigenvalue weighted by atomic mass is 35.5. The molecule has 4 rings (SSSR count). The van der Waals surface area contributed by atoms with Gasteiger partial charge in [0.1, 0.15) is 5.60 Å². The van der Waals surface area contributed by atoms with Crippen LogP contribution in [0.2, 0.25) is 5.02 Å². The van der Waals surface area contributed by atoms with Crippen LogP contribution in [0.15, 0.2) is 36.4 Å². The van der Waals surface area contributed by atoms with E-state index in [4.69, 9.17) is 16.3 Å². The van der Waals surface area contributed by atoms with Gasteiger partial charge in [0.15, 0.2) is 0 Å². The Bertz CT molecular complexity index is 853. The summed E-state index contributed by atoms with van der Waals surface area (Å²) in [6.45, 7) is 1.35. The van der Waals surface area contributed by atoms with Crippen molar-refractivity contribution in [1.29, 1.82) is 0 Å². The lowest BCUT2D eigenvalue weighted by atomic mass is 9.97. The number of nitrogens with one attached hydrogen (secondary N) is 1. The maximum atomic E-state index is 13.4. The van der Waals surface area contributed by atoms with Crippen molar-refractivity contribution in [2.75, 3.05) is 36.6 Å². The number of nitrogens with zero attached hydrogens (tertiary/aromatic N) is 1. The van der Waals surface area contributed by atoms with Crippen LogP contribution in [0.25, 0.3) is 11.1 Å². The summed E-state index contributed by atoms with van der Waals surface area (Å²) in [5.74, 6) is 0. The molecule has 2 N–H and O–H groups in total. The average molecular weight is 385 g/mol. The highest BCUT2D eigenvalue weighted by Gasteiger charge is 2.39. The molecule has 0 unspecified atom stereocenters. The molecule has 26 heavy (non-hydrogen) atoms. The maximum Gasteiger partial charge on any atom is 0.417 e. The molecular weight excluding hydrogens is 369 g/mol. The molecule has 0 spiro atoms. The van der Waals surface area contributed by atoms with Gasteiger partial charge in [0.05, 0.1) is 43.4 Å². The zero-order valence-corrected chi connectivity index (χ0v) is 14.4. The lowest BCUT2D eigenvalue weighted by molar-refractivity contribution is -0.171. The highest BCUT2D eigenvalue weighted by Crippen LogP contribution is 2.42. The lowest BCUT2D eigenvalue weighted by Crippen LogP contribution is -2.57. The van der Waals surface area contributed by atoms with Crippen LogP contribution >= 0.6 is 11.6 Å². The Balaban J connectivity index is 1.72. The predicted molar refractivity (Wildman–Crippen MR) is 93.5 cm³/mol. The zero-order chi connectivity index (χ0) is 18.5. The molecule has 2 aromatic rings. The van der Waals surface area contributed by atoms with Gasteiger partial charge in [-0.1, -0.05) is 23.7 Å². The zero-order valence-electron chi connectivity index (χ0n) is 13.6. The monoisotopic (exact) mass is 384 g/mol. The standard InChI is InChI=1S/C18H16ClF3N2O2/c19-12-2-3-13(14(6-12)18(20,21)22)11-1-4-15-16(5-11)24(10-23-15)7-17(25)8-26-9-17/h1-6,23,25H,7-10H2. The summed E-state index contributed by atoms with van der Waals surface area (Å²) >= 11 is 5.76. The first kappa shape index (κ1) is 17.5. The topological polar surface area (TPSA) is 44.7 Å². The van der Waals surface area contributed by atoms with E-state index in [9.17, 15) is 18.3 Å². The van der Waals surface area contributed by atoms with Gasteiger partial charge < -0.3 is 20.1 Å². The minimum Gasteiger partial charge on any atom is -0.383 e. The van der Waals surface area contributed by atoms with Gasteiger partial charge in [0.25, 0.3) is 0 Å². The van der Waals surface area contributed by atoms with Crippen LogP contribution in [-0.4, -0.2) is 37.1 Å².